The average molecular weight is 291 g/mol. The van der Waals surface area contributed by atoms with Gasteiger partial charge in [-0.1, -0.05) is 19.8 Å². The van der Waals surface area contributed by atoms with Gasteiger partial charge in [-0.15, -0.1) is 12.4 Å². The van der Waals surface area contributed by atoms with Crippen LogP contribution < -0.4 is 11.1 Å². The van der Waals surface area contributed by atoms with Crippen LogP contribution in [-0.4, -0.2) is 31.7 Å². The molecule has 1 aliphatic heterocycles. The molecule has 0 bridgehead atoms. The van der Waals surface area contributed by atoms with Gasteiger partial charge in [0.15, 0.2) is 0 Å². The number of ether oxygens (including phenoxy) is 1. The second-order valence-electron chi connectivity index (χ2n) is 6.21. The lowest BCUT2D eigenvalue weighted by atomic mass is 9.88. The first kappa shape index (κ1) is 16.7. The summed E-state index contributed by atoms with van der Waals surface area (Å²) in [6, 6.07) is -0.362. The molecule has 1 heterocycles. The molecule has 2 rings (SSSR count). The maximum Gasteiger partial charge on any atom is 0.237 e. The van der Waals surface area contributed by atoms with E-state index in [1.807, 2.05) is 0 Å². The van der Waals surface area contributed by atoms with Crippen molar-refractivity contribution < 1.29 is 9.53 Å². The molecule has 1 amide bonds. The summed E-state index contributed by atoms with van der Waals surface area (Å²) in [5.41, 5.74) is 6.35. The summed E-state index contributed by atoms with van der Waals surface area (Å²) in [6.45, 7) is 4.52. The molecule has 0 spiro atoms. The lowest BCUT2D eigenvalue weighted by Gasteiger charge is -2.29. The number of hydrogen-bond donors (Lipinski definition) is 2. The molecule has 1 saturated carbocycles. The summed E-state index contributed by atoms with van der Waals surface area (Å²) in [4.78, 5) is 12.1. The van der Waals surface area contributed by atoms with Crippen molar-refractivity contribution in [1.82, 2.24) is 5.32 Å². The van der Waals surface area contributed by atoms with Gasteiger partial charge in [-0.2, -0.15) is 0 Å². The zero-order chi connectivity index (χ0) is 13.0. The van der Waals surface area contributed by atoms with E-state index in [1.165, 1.54) is 25.7 Å². The topological polar surface area (TPSA) is 64.4 Å². The molecule has 1 unspecified atom stereocenters. The van der Waals surface area contributed by atoms with Gasteiger partial charge in [-0.3, -0.25) is 4.79 Å². The number of carbonyl (C=O) groups is 1. The van der Waals surface area contributed by atoms with Crippen LogP contribution in [0.25, 0.3) is 0 Å². The van der Waals surface area contributed by atoms with Crippen molar-refractivity contribution in [1.29, 1.82) is 0 Å². The fourth-order valence-corrected chi connectivity index (χ4v) is 3.11. The molecule has 4 nitrogen and oxygen atoms in total. The number of hydrogen-bond acceptors (Lipinski definition) is 3. The van der Waals surface area contributed by atoms with Crippen LogP contribution in [0.4, 0.5) is 0 Å². The van der Waals surface area contributed by atoms with E-state index in [0.717, 1.165) is 32.6 Å². The van der Waals surface area contributed by atoms with Crippen LogP contribution in [0.15, 0.2) is 0 Å². The smallest absolute Gasteiger partial charge is 0.237 e. The van der Waals surface area contributed by atoms with Crippen molar-refractivity contribution >= 4 is 18.3 Å². The van der Waals surface area contributed by atoms with Gasteiger partial charge in [0.25, 0.3) is 0 Å². The Kier molecular flexibility index (Phi) is 6.57. The Bertz CT molecular complexity index is 287. The first-order chi connectivity index (χ1) is 8.61. The van der Waals surface area contributed by atoms with Gasteiger partial charge < -0.3 is 15.8 Å². The standard InChI is InChI=1S/C14H26N2O2.ClH/c1-14(6-2-3-7-14)10-16-13(17)12(15)11-4-8-18-9-5-11;/h11-12H,2-10,15H2,1H3,(H,16,17);1H. The monoisotopic (exact) mass is 290 g/mol. The minimum absolute atomic E-state index is 0. The van der Waals surface area contributed by atoms with E-state index in [9.17, 15) is 4.79 Å². The molecule has 112 valence electrons. The van der Waals surface area contributed by atoms with Crippen molar-refractivity contribution in [2.75, 3.05) is 19.8 Å². The maximum atomic E-state index is 12.1. The van der Waals surface area contributed by atoms with E-state index in [-0.39, 0.29) is 30.3 Å². The lowest BCUT2D eigenvalue weighted by Crippen LogP contribution is -2.49. The highest BCUT2D eigenvalue weighted by atomic mass is 35.5. The minimum Gasteiger partial charge on any atom is -0.381 e. The molecular formula is C14H27ClN2O2. The Morgan fingerprint density at radius 3 is 2.53 bits per heavy atom. The molecule has 5 heteroatoms. The molecule has 2 fully saturated rings. The third kappa shape index (κ3) is 4.62. The van der Waals surface area contributed by atoms with Gasteiger partial charge in [0.05, 0.1) is 6.04 Å². The highest BCUT2D eigenvalue weighted by Gasteiger charge is 2.31. The van der Waals surface area contributed by atoms with Crippen molar-refractivity contribution in [3.63, 3.8) is 0 Å². The molecule has 1 atom stereocenters. The van der Waals surface area contributed by atoms with Crippen LogP contribution in [0, 0.1) is 11.3 Å². The van der Waals surface area contributed by atoms with Crippen molar-refractivity contribution in [3.05, 3.63) is 0 Å². The molecule has 3 N–H and O–H groups in total. The zero-order valence-electron chi connectivity index (χ0n) is 11.8. The summed E-state index contributed by atoms with van der Waals surface area (Å²) >= 11 is 0. The number of nitrogens with one attached hydrogen (secondary N) is 1. The Hall–Kier alpha value is -0.320. The van der Waals surface area contributed by atoms with E-state index in [2.05, 4.69) is 12.2 Å². The first-order valence-corrected chi connectivity index (χ1v) is 7.22. The molecule has 0 radical (unpaired) electrons. The van der Waals surface area contributed by atoms with Crippen LogP contribution in [-0.2, 0) is 9.53 Å². The van der Waals surface area contributed by atoms with Crippen LogP contribution in [0.3, 0.4) is 0 Å². The SMILES string of the molecule is CC1(CNC(=O)C(N)C2CCOCC2)CCCC1.Cl. The number of halogens is 1. The summed E-state index contributed by atoms with van der Waals surface area (Å²) in [5, 5.41) is 3.06. The second kappa shape index (κ2) is 7.46. The predicted molar refractivity (Wildman–Crippen MR) is 78.4 cm³/mol. The quantitative estimate of drug-likeness (QED) is 0.831. The van der Waals surface area contributed by atoms with E-state index >= 15 is 0 Å². The predicted octanol–water partition coefficient (Wildman–Crippen LogP) is 1.86. The van der Waals surface area contributed by atoms with Gasteiger partial charge in [0.2, 0.25) is 5.91 Å². The second-order valence-corrected chi connectivity index (χ2v) is 6.21. The van der Waals surface area contributed by atoms with E-state index in [4.69, 9.17) is 10.5 Å². The molecule has 1 aliphatic carbocycles. The Balaban J connectivity index is 0.00000180. The number of carbonyl (C=O) groups excluding carboxylic acids is 1. The number of amides is 1. The molecular weight excluding hydrogens is 264 g/mol. The summed E-state index contributed by atoms with van der Waals surface area (Å²) in [7, 11) is 0. The Morgan fingerprint density at radius 2 is 1.95 bits per heavy atom. The van der Waals surface area contributed by atoms with E-state index < -0.39 is 0 Å². The average Bonchev–Trinajstić information content (AvgIpc) is 2.83. The van der Waals surface area contributed by atoms with E-state index in [0.29, 0.717) is 5.41 Å². The number of nitrogens with two attached hydrogens (primary N) is 1. The van der Waals surface area contributed by atoms with Crippen molar-refractivity contribution in [2.45, 2.75) is 51.5 Å². The highest BCUT2D eigenvalue weighted by molar-refractivity contribution is 5.85. The van der Waals surface area contributed by atoms with Crippen LogP contribution in [0.2, 0.25) is 0 Å². The van der Waals surface area contributed by atoms with Crippen molar-refractivity contribution in [3.8, 4) is 0 Å². The first-order valence-electron chi connectivity index (χ1n) is 7.22. The van der Waals surface area contributed by atoms with Gasteiger partial charge in [0.1, 0.15) is 0 Å². The molecule has 2 aliphatic rings. The van der Waals surface area contributed by atoms with E-state index in [1.54, 1.807) is 0 Å². The highest BCUT2D eigenvalue weighted by Crippen LogP contribution is 2.36. The van der Waals surface area contributed by atoms with Gasteiger partial charge in [0, 0.05) is 19.8 Å². The third-order valence-electron chi connectivity index (χ3n) is 4.58. The molecule has 1 saturated heterocycles. The summed E-state index contributed by atoms with van der Waals surface area (Å²) in [6.07, 6.45) is 6.84. The Labute approximate surface area is 122 Å². The fourth-order valence-electron chi connectivity index (χ4n) is 3.11. The summed E-state index contributed by atoms with van der Waals surface area (Å²) in [5.74, 6) is 0.310. The van der Waals surface area contributed by atoms with Crippen LogP contribution in [0.1, 0.15) is 45.4 Å². The van der Waals surface area contributed by atoms with Gasteiger partial charge in [-0.05, 0) is 37.0 Å². The largest absolute Gasteiger partial charge is 0.381 e. The Morgan fingerprint density at radius 1 is 1.37 bits per heavy atom. The third-order valence-corrected chi connectivity index (χ3v) is 4.58. The molecule has 0 aromatic rings. The molecule has 19 heavy (non-hydrogen) atoms. The normalized spacial score (nSPS) is 24.5. The fraction of sp³-hybridized carbons (Fsp3) is 0.929. The number of rotatable bonds is 4. The zero-order valence-corrected chi connectivity index (χ0v) is 12.6. The lowest BCUT2D eigenvalue weighted by molar-refractivity contribution is -0.124. The van der Waals surface area contributed by atoms with Crippen LogP contribution >= 0.6 is 12.4 Å². The minimum atomic E-state index is -0.362. The molecule has 0 aromatic carbocycles. The molecule has 0 aromatic heterocycles. The van der Waals surface area contributed by atoms with Gasteiger partial charge >= 0.3 is 0 Å². The van der Waals surface area contributed by atoms with Crippen LogP contribution in [0.5, 0.6) is 0 Å². The summed E-state index contributed by atoms with van der Waals surface area (Å²) < 4.78 is 5.30. The maximum absolute atomic E-state index is 12.1. The van der Waals surface area contributed by atoms with Gasteiger partial charge in [-0.25, -0.2) is 0 Å². The van der Waals surface area contributed by atoms with Crippen molar-refractivity contribution in [2.24, 2.45) is 17.1 Å².